The van der Waals surface area contributed by atoms with E-state index in [0.29, 0.717) is 6.61 Å². The lowest BCUT2D eigenvalue weighted by molar-refractivity contribution is -0.0918. The second-order valence-corrected chi connectivity index (χ2v) is 3.42. The van der Waals surface area contributed by atoms with Crippen LogP contribution in [0.5, 0.6) is 0 Å². The Morgan fingerprint density at radius 2 is 2.36 bits per heavy atom. The van der Waals surface area contributed by atoms with E-state index in [1.54, 1.807) is 0 Å². The van der Waals surface area contributed by atoms with Gasteiger partial charge in [0.05, 0.1) is 6.61 Å². The van der Waals surface area contributed by atoms with Gasteiger partial charge in [-0.25, -0.2) is 0 Å². The summed E-state index contributed by atoms with van der Waals surface area (Å²) in [7, 11) is 0. The average molecular weight is 215 g/mol. The second kappa shape index (κ2) is 2.59. The third-order valence-electron chi connectivity index (χ3n) is 1.77. The monoisotopic (exact) mass is 214 g/mol. The van der Waals surface area contributed by atoms with Crippen LogP contribution >= 0.6 is 15.9 Å². The summed E-state index contributed by atoms with van der Waals surface area (Å²) in [4.78, 5) is 0. The van der Waals surface area contributed by atoms with Crippen LogP contribution in [0, 0.1) is 0 Å². The smallest absolute Gasteiger partial charge is 0.181 e. The van der Waals surface area contributed by atoms with E-state index in [9.17, 15) is 5.11 Å². The van der Waals surface area contributed by atoms with Gasteiger partial charge in [-0.1, -0.05) is 22.0 Å². The maximum Gasteiger partial charge on any atom is 0.181 e. The zero-order chi connectivity index (χ0) is 7.84. The Morgan fingerprint density at radius 1 is 1.55 bits per heavy atom. The number of hydrogen-bond acceptors (Lipinski definition) is 2. The lowest BCUT2D eigenvalue weighted by Crippen LogP contribution is -1.91. The molecular weight excluding hydrogens is 208 g/mol. The normalized spacial score (nSPS) is 21.8. The highest BCUT2D eigenvalue weighted by Crippen LogP contribution is 2.30. The fraction of sp³-hybridized carbons (Fsp3) is 0.250. The second-order valence-electron chi connectivity index (χ2n) is 2.51. The van der Waals surface area contributed by atoms with E-state index in [4.69, 9.17) is 4.74 Å². The van der Waals surface area contributed by atoms with Crippen molar-refractivity contribution in [3.63, 3.8) is 0 Å². The van der Waals surface area contributed by atoms with E-state index in [2.05, 4.69) is 15.9 Å². The molecule has 0 fully saturated rings. The fourth-order valence-electron chi connectivity index (χ4n) is 1.19. The Morgan fingerprint density at radius 3 is 3.18 bits per heavy atom. The standard InChI is InChI=1S/C8H7BrO2/c9-6-2-1-5-4-11-8(10)7(5)3-6/h1-3,8,10H,4H2/t8-/m1/s1. The maximum atomic E-state index is 9.26. The summed E-state index contributed by atoms with van der Waals surface area (Å²) in [5.74, 6) is 0. The van der Waals surface area contributed by atoms with Gasteiger partial charge in [-0.05, 0) is 17.7 Å². The minimum Gasteiger partial charge on any atom is -0.364 e. The molecule has 0 aliphatic carbocycles. The molecule has 1 aromatic rings. The molecule has 0 unspecified atom stereocenters. The lowest BCUT2D eigenvalue weighted by atomic mass is 10.1. The van der Waals surface area contributed by atoms with Crippen LogP contribution in [0.3, 0.4) is 0 Å². The number of fused-ring (bicyclic) bond motifs is 1. The first-order valence-electron chi connectivity index (χ1n) is 3.35. The number of ether oxygens (including phenoxy) is 1. The molecule has 3 heteroatoms. The van der Waals surface area contributed by atoms with Gasteiger partial charge in [0.15, 0.2) is 6.29 Å². The molecular formula is C8H7BrO2. The lowest BCUT2D eigenvalue weighted by Gasteiger charge is -2.01. The number of aliphatic hydroxyl groups excluding tert-OH is 1. The van der Waals surface area contributed by atoms with Crippen LogP contribution in [0.25, 0.3) is 0 Å². The number of benzene rings is 1. The predicted octanol–water partition coefficient (Wildman–Crippen LogP) is 1.97. The van der Waals surface area contributed by atoms with E-state index >= 15 is 0 Å². The first-order valence-corrected chi connectivity index (χ1v) is 4.14. The fourth-order valence-corrected chi connectivity index (χ4v) is 1.56. The largest absolute Gasteiger partial charge is 0.364 e. The molecule has 1 aromatic carbocycles. The van der Waals surface area contributed by atoms with Crippen molar-refractivity contribution in [2.75, 3.05) is 0 Å². The third-order valence-corrected chi connectivity index (χ3v) is 2.26. The summed E-state index contributed by atoms with van der Waals surface area (Å²) in [6.07, 6.45) is -0.734. The van der Waals surface area contributed by atoms with Gasteiger partial charge >= 0.3 is 0 Å². The first-order chi connectivity index (χ1) is 5.27. The van der Waals surface area contributed by atoms with Crippen molar-refractivity contribution in [1.29, 1.82) is 0 Å². The zero-order valence-electron chi connectivity index (χ0n) is 5.75. The minimum atomic E-state index is -0.734. The van der Waals surface area contributed by atoms with Gasteiger partial charge in [-0.15, -0.1) is 0 Å². The van der Waals surface area contributed by atoms with Gasteiger partial charge in [0.1, 0.15) is 0 Å². The Balaban J connectivity index is 2.52. The highest BCUT2D eigenvalue weighted by molar-refractivity contribution is 9.10. The summed E-state index contributed by atoms with van der Waals surface area (Å²) in [5, 5.41) is 9.26. The van der Waals surface area contributed by atoms with E-state index in [0.717, 1.165) is 15.6 Å². The Kier molecular flexibility index (Phi) is 1.71. The van der Waals surface area contributed by atoms with Crippen molar-refractivity contribution in [2.24, 2.45) is 0 Å². The van der Waals surface area contributed by atoms with Crippen molar-refractivity contribution in [2.45, 2.75) is 12.9 Å². The Labute approximate surface area is 72.9 Å². The van der Waals surface area contributed by atoms with Gasteiger partial charge in [-0.3, -0.25) is 0 Å². The van der Waals surface area contributed by atoms with Crippen molar-refractivity contribution >= 4 is 15.9 Å². The van der Waals surface area contributed by atoms with E-state index < -0.39 is 6.29 Å². The first kappa shape index (κ1) is 7.28. The summed E-state index contributed by atoms with van der Waals surface area (Å²) < 4.78 is 5.99. The number of halogens is 1. The zero-order valence-corrected chi connectivity index (χ0v) is 7.34. The highest BCUT2D eigenvalue weighted by atomic mass is 79.9. The molecule has 0 bridgehead atoms. The van der Waals surface area contributed by atoms with Crippen molar-refractivity contribution in [1.82, 2.24) is 0 Å². The molecule has 0 aromatic heterocycles. The summed E-state index contributed by atoms with van der Waals surface area (Å²) >= 11 is 3.33. The molecule has 2 nitrogen and oxygen atoms in total. The third kappa shape index (κ3) is 1.20. The molecule has 0 saturated carbocycles. The molecule has 11 heavy (non-hydrogen) atoms. The van der Waals surface area contributed by atoms with Crippen LogP contribution in [-0.2, 0) is 11.3 Å². The van der Waals surface area contributed by atoms with Gasteiger partial charge in [-0.2, -0.15) is 0 Å². The molecule has 2 rings (SSSR count). The summed E-state index contributed by atoms with van der Waals surface area (Å²) in [6, 6.07) is 5.78. The quantitative estimate of drug-likeness (QED) is 0.716. The van der Waals surface area contributed by atoms with Gasteiger partial charge < -0.3 is 9.84 Å². The molecule has 1 atom stereocenters. The minimum absolute atomic E-state index is 0.518. The van der Waals surface area contributed by atoms with Crippen LogP contribution < -0.4 is 0 Å². The topological polar surface area (TPSA) is 29.5 Å². The van der Waals surface area contributed by atoms with Crippen LogP contribution in [0.2, 0.25) is 0 Å². The highest BCUT2D eigenvalue weighted by Gasteiger charge is 2.20. The molecule has 0 radical (unpaired) electrons. The van der Waals surface area contributed by atoms with Gasteiger partial charge in [0.25, 0.3) is 0 Å². The Hall–Kier alpha value is -0.380. The van der Waals surface area contributed by atoms with Crippen molar-refractivity contribution in [3.8, 4) is 0 Å². The molecule has 1 heterocycles. The van der Waals surface area contributed by atoms with Crippen LogP contribution in [0.15, 0.2) is 22.7 Å². The van der Waals surface area contributed by atoms with Crippen LogP contribution in [0.4, 0.5) is 0 Å². The number of rotatable bonds is 0. The van der Waals surface area contributed by atoms with E-state index in [-0.39, 0.29) is 0 Å². The summed E-state index contributed by atoms with van der Waals surface area (Å²) in [6.45, 7) is 0.518. The molecule has 0 spiro atoms. The predicted molar refractivity (Wildman–Crippen MR) is 43.9 cm³/mol. The maximum absolute atomic E-state index is 9.26. The van der Waals surface area contributed by atoms with Gasteiger partial charge in [0, 0.05) is 10.0 Å². The average Bonchev–Trinajstić information content (AvgIpc) is 2.33. The molecule has 1 aliphatic rings. The van der Waals surface area contributed by atoms with Crippen molar-refractivity contribution in [3.05, 3.63) is 33.8 Å². The molecule has 0 saturated heterocycles. The van der Waals surface area contributed by atoms with Gasteiger partial charge in [0.2, 0.25) is 0 Å². The van der Waals surface area contributed by atoms with E-state index in [1.807, 2.05) is 18.2 Å². The van der Waals surface area contributed by atoms with E-state index in [1.165, 1.54) is 0 Å². The molecule has 58 valence electrons. The van der Waals surface area contributed by atoms with Crippen LogP contribution in [-0.4, -0.2) is 5.11 Å². The summed E-state index contributed by atoms with van der Waals surface area (Å²) in [5.41, 5.74) is 1.94. The number of hydrogen-bond donors (Lipinski definition) is 1. The molecule has 0 amide bonds. The molecule has 1 aliphatic heterocycles. The number of aliphatic hydroxyl groups is 1. The Bertz CT molecular complexity index is 285. The molecule has 1 N–H and O–H groups in total. The van der Waals surface area contributed by atoms with Crippen molar-refractivity contribution < 1.29 is 9.84 Å². The van der Waals surface area contributed by atoms with Crippen LogP contribution in [0.1, 0.15) is 17.4 Å². The SMILES string of the molecule is O[C@@H]1OCc2ccc(Br)cc21.